The molecule has 1 amide bonds. The van der Waals surface area contributed by atoms with Gasteiger partial charge in [0.2, 0.25) is 5.91 Å². The molecule has 1 aromatic rings. The highest BCUT2D eigenvalue weighted by Crippen LogP contribution is 2.32. The molecule has 0 aliphatic rings. The summed E-state index contributed by atoms with van der Waals surface area (Å²) in [6.07, 6.45) is 1.39. The maximum Gasteiger partial charge on any atom is 0.231 e. The van der Waals surface area contributed by atoms with Gasteiger partial charge in [-0.3, -0.25) is 4.79 Å². The zero-order valence-electron chi connectivity index (χ0n) is 14.9. The number of rotatable bonds is 10. The Morgan fingerprint density at radius 1 is 1.17 bits per heavy atom. The first-order chi connectivity index (χ1) is 11.1. The number of carbonyl (C=O) groups excluding carboxylic acids is 1. The van der Waals surface area contributed by atoms with Crippen molar-refractivity contribution in [1.29, 1.82) is 0 Å². The van der Waals surface area contributed by atoms with Crippen LogP contribution in [0.2, 0.25) is 0 Å². The van der Waals surface area contributed by atoms with Gasteiger partial charge in [-0.1, -0.05) is 13.8 Å². The molecule has 0 atom stereocenters. The van der Waals surface area contributed by atoms with Crippen molar-refractivity contribution in [1.82, 2.24) is 0 Å². The van der Waals surface area contributed by atoms with Crippen LogP contribution in [0, 0.1) is 5.41 Å². The molecule has 0 fully saturated rings. The Kier molecular flexibility index (Phi) is 10.4. The second-order valence-corrected chi connectivity index (χ2v) is 5.35. The van der Waals surface area contributed by atoms with Gasteiger partial charge >= 0.3 is 0 Å². The lowest BCUT2D eigenvalue weighted by atomic mass is 9.81. The van der Waals surface area contributed by atoms with Crippen molar-refractivity contribution < 1.29 is 19.0 Å². The van der Waals surface area contributed by atoms with Crippen LogP contribution >= 0.6 is 12.4 Å². The van der Waals surface area contributed by atoms with Crippen molar-refractivity contribution in [2.75, 3.05) is 39.3 Å². The summed E-state index contributed by atoms with van der Waals surface area (Å²) < 4.78 is 15.9. The summed E-state index contributed by atoms with van der Waals surface area (Å²) in [6, 6.07) is 5.30. The molecule has 6 nitrogen and oxygen atoms in total. The number of nitrogens with one attached hydrogen (secondary N) is 1. The molecule has 0 bridgehead atoms. The lowest BCUT2D eigenvalue weighted by Gasteiger charge is -2.28. The Balaban J connectivity index is 0.00000529. The third-order valence-corrected chi connectivity index (χ3v) is 4.19. The Hall–Kier alpha value is -1.50. The number of ether oxygens (including phenoxy) is 3. The van der Waals surface area contributed by atoms with E-state index >= 15 is 0 Å². The maximum atomic E-state index is 12.6. The number of methoxy groups -OCH3 is 2. The Morgan fingerprint density at radius 3 is 2.33 bits per heavy atom. The van der Waals surface area contributed by atoms with Gasteiger partial charge < -0.3 is 25.3 Å². The van der Waals surface area contributed by atoms with Crippen molar-refractivity contribution in [3.63, 3.8) is 0 Å². The summed E-state index contributed by atoms with van der Waals surface area (Å²) in [5.41, 5.74) is 5.93. The van der Waals surface area contributed by atoms with Gasteiger partial charge in [-0.25, -0.2) is 0 Å². The monoisotopic (exact) mass is 360 g/mol. The van der Waals surface area contributed by atoms with Crippen LogP contribution in [0.5, 0.6) is 11.5 Å². The van der Waals surface area contributed by atoms with Crippen LogP contribution in [0.15, 0.2) is 18.2 Å². The first-order valence-corrected chi connectivity index (χ1v) is 7.88. The molecular formula is C17H29ClN2O4. The van der Waals surface area contributed by atoms with E-state index in [9.17, 15) is 4.79 Å². The molecule has 1 aromatic carbocycles. The lowest BCUT2D eigenvalue weighted by Crippen LogP contribution is -2.41. The molecule has 138 valence electrons. The van der Waals surface area contributed by atoms with E-state index < -0.39 is 5.41 Å². The second kappa shape index (κ2) is 11.1. The molecule has 7 heteroatoms. The minimum absolute atomic E-state index is 0. The molecule has 0 saturated heterocycles. The topological polar surface area (TPSA) is 82.8 Å². The predicted octanol–water partition coefficient (Wildman–Crippen LogP) is 2.85. The van der Waals surface area contributed by atoms with Crippen LogP contribution in [-0.4, -0.2) is 39.9 Å². The van der Waals surface area contributed by atoms with Gasteiger partial charge in [0.25, 0.3) is 0 Å². The van der Waals surface area contributed by atoms with E-state index in [1.54, 1.807) is 32.4 Å². The minimum Gasteiger partial charge on any atom is -0.493 e. The van der Waals surface area contributed by atoms with E-state index in [0.29, 0.717) is 49.8 Å². The highest BCUT2D eigenvalue weighted by molar-refractivity contribution is 5.95. The molecule has 0 saturated carbocycles. The fraction of sp³-hybridized carbons (Fsp3) is 0.588. The van der Waals surface area contributed by atoms with Gasteiger partial charge in [0, 0.05) is 25.4 Å². The average molecular weight is 361 g/mol. The molecular weight excluding hydrogens is 332 g/mol. The third kappa shape index (κ3) is 5.54. The molecule has 24 heavy (non-hydrogen) atoms. The van der Waals surface area contributed by atoms with E-state index in [-0.39, 0.29) is 18.3 Å². The number of anilines is 1. The number of nitrogens with two attached hydrogens (primary N) is 1. The lowest BCUT2D eigenvalue weighted by molar-refractivity contribution is -0.125. The van der Waals surface area contributed by atoms with Gasteiger partial charge in [0.15, 0.2) is 11.5 Å². The average Bonchev–Trinajstić information content (AvgIpc) is 2.57. The predicted molar refractivity (Wildman–Crippen MR) is 98.3 cm³/mol. The molecule has 3 N–H and O–H groups in total. The third-order valence-electron chi connectivity index (χ3n) is 4.19. The van der Waals surface area contributed by atoms with Crippen LogP contribution in [0.25, 0.3) is 0 Å². The minimum atomic E-state index is -0.545. The van der Waals surface area contributed by atoms with Crippen molar-refractivity contribution >= 4 is 24.0 Å². The number of hydrogen-bond donors (Lipinski definition) is 2. The quantitative estimate of drug-likeness (QED) is 0.627. The number of benzene rings is 1. The molecule has 0 aromatic heterocycles. The molecule has 0 heterocycles. The smallest absolute Gasteiger partial charge is 0.231 e. The van der Waals surface area contributed by atoms with Crippen molar-refractivity contribution in [2.24, 2.45) is 11.1 Å². The zero-order valence-corrected chi connectivity index (χ0v) is 15.7. The number of carbonyl (C=O) groups is 1. The van der Waals surface area contributed by atoms with E-state index in [1.165, 1.54) is 0 Å². The summed E-state index contributed by atoms with van der Waals surface area (Å²) in [5, 5.41) is 2.93. The Morgan fingerprint density at radius 2 is 1.83 bits per heavy atom. The van der Waals surface area contributed by atoms with Crippen LogP contribution < -0.4 is 20.5 Å². The van der Waals surface area contributed by atoms with Gasteiger partial charge in [0.05, 0.1) is 19.1 Å². The summed E-state index contributed by atoms with van der Waals surface area (Å²) in [5.74, 6) is 1.10. The van der Waals surface area contributed by atoms with Crippen molar-refractivity contribution in [3.05, 3.63) is 18.2 Å². The Labute approximate surface area is 150 Å². The molecule has 0 aliphatic carbocycles. The second-order valence-electron chi connectivity index (χ2n) is 5.35. The normalized spacial score (nSPS) is 10.7. The number of halogens is 1. The summed E-state index contributed by atoms with van der Waals surface area (Å²) in [7, 11) is 3.18. The summed E-state index contributed by atoms with van der Waals surface area (Å²) >= 11 is 0. The highest BCUT2D eigenvalue weighted by atomic mass is 35.5. The maximum absolute atomic E-state index is 12.6. The highest BCUT2D eigenvalue weighted by Gasteiger charge is 2.33. The van der Waals surface area contributed by atoms with Crippen LogP contribution in [0.3, 0.4) is 0 Å². The van der Waals surface area contributed by atoms with E-state index in [1.807, 2.05) is 13.8 Å². The van der Waals surface area contributed by atoms with E-state index in [2.05, 4.69) is 5.32 Å². The Bertz CT molecular complexity index is 499. The van der Waals surface area contributed by atoms with Gasteiger partial charge in [-0.2, -0.15) is 0 Å². The fourth-order valence-electron chi connectivity index (χ4n) is 2.32. The molecule has 0 radical (unpaired) electrons. The largest absolute Gasteiger partial charge is 0.493 e. The number of amides is 1. The fourth-order valence-corrected chi connectivity index (χ4v) is 2.32. The molecule has 0 spiro atoms. The standard InChI is InChI=1S/C17H28N2O4.ClH/c1-5-17(6-2,12-18)16(20)19-13-7-8-14(22-4)15(11-13)23-10-9-21-3;/h7-8,11H,5-6,9-10,12,18H2,1-4H3,(H,19,20);1H. The molecule has 0 aliphatic heterocycles. The van der Waals surface area contributed by atoms with Gasteiger partial charge in [-0.15, -0.1) is 12.4 Å². The van der Waals surface area contributed by atoms with Crippen LogP contribution in [-0.2, 0) is 9.53 Å². The SMILES string of the molecule is CCC(CC)(CN)C(=O)Nc1ccc(OC)c(OCCOC)c1.Cl. The van der Waals surface area contributed by atoms with Crippen molar-refractivity contribution in [3.8, 4) is 11.5 Å². The van der Waals surface area contributed by atoms with Gasteiger partial charge in [0.1, 0.15) is 6.61 Å². The van der Waals surface area contributed by atoms with Crippen molar-refractivity contribution in [2.45, 2.75) is 26.7 Å². The summed E-state index contributed by atoms with van der Waals surface area (Å²) in [4.78, 5) is 12.6. The van der Waals surface area contributed by atoms with E-state index in [4.69, 9.17) is 19.9 Å². The molecule has 1 rings (SSSR count). The molecule has 0 unspecified atom stereocenters. The van der Waals surface area contributed by atoms with Crippen LogP contribution in [0.1, 0.15) is 26.7 Å². The van der Waals surface area contributed by atoms with Crippen LogP contribution in [0.4, 0.5) is 5.69 Å². The first kappa shape index (κ1) is 22.5. The summed E-state index contributed by atoms with van der Waals surface area (Å²) in [6.45, 7) is 5.15. The van der Waals surface area contributed by atoms with E-state index in [0.717, 1.165) is 0 Å². The first-order valence-electron chi connectivity index (χ1n) is 7.88. The number of hydrogen-bond acceptors (Lipinski definition) is 5. The van der Waals surface area contributed by atoms with Gasteiger partial charge in [-0.05, 0) is 25.0 Å². The zero-order chi connectivity index (χ0) is 17.3.